The van der Waals surface area contributed by atoms with Gasteiger partial charge in [0.25, 0.3) is 0 Å². The molecule has 35 heavy (non-hydrogen) atoms. The molecule has 0 bridgehead atoms. The molecule has 2 fully saturated rings. The van der Waals surface area contributed by atoms with Crippen LogP contribution in [0.5, 0.6) is 0 Å². The van der Waals surface area contributed by atoms with Crippen LogP contribution in [-0.4, -0.2) is 31.4 Å². The number of carboxylic acids is 1. The zero-order valence-corrected chi connectivity index (χ0v) is 21.1. The minimum Gasteiger partial charge on any atom is -0.481 e. The summed E-state index contributed by atoms with van der Waals surface area (Å²) in [6.07, 6.45) is 3.01. The first-order valence-electron chi connectivity index (χ1n) is 12.1. The molecule has 2 aromatic carbocycles. The van der Waals surface area contributed by atoms with Gasteiger partial charge in [-0.05, 0) is 101 Å². The Balaban J connectivity index is 1.76. The molecule has 8 heteroatoms. The van der Waals surface area contributed by atoms with Gasteiger partial charge in [0.05, 0.1) is 27.8 Å². The normalized spacial score (nSPS) is 25.1. The molecule has 0 heterocycles. The van der Waals surface area contributed by atoms with Crippen molar-refractivity contribution in [3.8, 4) is 0 Å². The first kappa shape index (κ1) is 25.8. The van der Waals surface area contributed by atoms with Gasteiger partial charge in [-0.25, -0.2) is 17.2 Å². The molecule has 0 amide bonds. The summed E-state index contributed by atoms with van der Waals surface area (Å²) in [6.45, 7) is 5.03. The van der Waals surface area contributed by atoms with E-state index in [2.05, 4.69) is 0 Å². The Kier molecular flexibility index (Phi) is 6.83. The number of rotatable bonds is 8. The van der Waals surface area contributed by atoms with Crippen molar-refractivity contribution in [1.82, 2.24) is 0 Å². The van der Waals surface area contributed by atoms with Gasteiger partial charge in [-0.3, -0.25) is 4.79 Å². The summed E-state index contributed by atoms with van der Waals surface area (Å²) in [4.78, 5) is 12.4. The molecule has 0 aromatic heterocycles. The number of carboxylic acid groups (broad SMARTS) is 1. The number of aliphatic carboxylic acids is 1. The van der Waals surface area contributed by atoms with Crippen LogP contribution in [0.3, 0.4) is 0 Å². The number of carbonyl (C=O) groups is 1. The highest BCUT2D eigenvalue weighted by Gasteiger charge is 2.50. The summed E-state index contributed by atoms with van der Waals surface area (Å²) >= 11 is 0. The van der Waals surface area contributed by atoms with Gasteiger partial charge in [-0.2, -0.15) is 0 Å². The SMILES string of the molecule is Cc1c(F)cc(C2(OCC3CC3)CCC(C(=O)O)(c3ccc(F)cc3)CC2)cc1S(=O)(=O)C(C)C. The number of benzene rings is 2. The minimum atomic E-state index is -3.75. The standard InChI is InChI=1S/C27H32F2O5S/c1-17(2)35(32,33)24-15-21(14-23(29)18(24)3)27(34-16-19-4-5-19)12-10-26(11-13-27,25(30)31)20-6-8-22(28)9-7-20/h6-9,14-15,17,19H,4-5,10-13,16H2,1-3H3,(H,30,31). The molecule has 5 nitrogen and oxygen atoms in total. The predicted molar refractivity (Wildman–Crippen MR) is 128 cm³/mol. The lowest BCUT2D eigenvalue weighted by Gasteiger charge is -2.45. The fourth-order valence-corrected chi connectivity index (χ4v) is 6.34. The Labute approximate surface area is 205 Å². The average Bonchev–Trinajstić information content (AvgIpc) is 3.64. The first-order chi connectivity index (χ1) is 16.4. The molecule has 0 atom stereocenters. The molecule has 4 rings (SSSR count). The van der Waals surface area contributed by atoms with Crippen LogP contribution in [0.2, 0.25) is 0 Å². The highest BCUT2D eigenvalue weighted by atomic mass is 32.2. The topological polar surface area (TPSA) is 80.7 Å². The van der Waals surface area contributed by atoms with E-state index in [1.807, 2.05) is 0 Å². The summed E-state index contributed by atoms with van der Waals surface area (Å²) in [6, 6.07) is 8.37. The lowest BCUT2D eigenvalue weighted by molar-refractivity contribution is -0.151. The van der Waals surface area contributed by atoms with Crippen LogP contribution in [0.1, 0.15) is 69.1 Å². The van der Waals surface area contributed by atoms with E-state index in [4.69, 9.17) is 4.74 Å². The molecule has 2 saturated carbocycles. The molecule has 1 N–H and O–H groups in total. The third kappa shape index (κ3) is 4.75. The molecule has 0 radical (unpaired) electrons. The molecule has 0 unspecified atom stereocenters. The van der Waals surface area contributed by atoms with Crippen molar-refractivity contribution >= 4 is 15.8 Å². The van der Waals surface area contributed by atoms with Crippen LogP contribution < -0.4 is 0 Å². The Morgan fingerprint density at radius 3 is 2.17 bits per heavy atom. The molecular weight excluding hydrogens is 474 g/mol. The number of sulfone groups is 1. The van der Waals surface area contributed by atoms with Crippen molar-refractivity contribution in [2.45, 2.75) is 80.5 Å². The van der Waals surface area contributed by atoms with Gasteiger partial charge in [0.2, 0.25) is 0 Å². The van der Waals surface area contributed by atoms with Crippen molar-refractivity contribution < 1.29 is 31.8 Å². The van der Waals surface area contributed by atoms with Crippen molar-refractivity contribution in [2.75, 3.05) is 6.61 Å². The molecule has 2 aliphatic rings. The maximum absolute atomic E-state index is 15.1. The molecular formula is C27H32F2O5S. The number of ether oxygens (including phenoxy) is 1. The monoisotopic (exact) mass is 506 g/mol. The molecule has 190 valence electrons. The van der Waals surface area contributed by atoms with Gasteiger partial charge < -0.3 is 9.84 Å². The van der Waals surface area contributed by atoms with E-state index in [-0.39, 0.29) is 36.1 Å². The number of hydrogen-bond acceptors (Lipinski definition) is 4. The Morgan fingerprint density at radius 1 is 1.06 bits per heavy atom. The summed E-state index contributed by atoms with van der Waals surface area (Å²) in [5.41, 5.74) is -1.21. The lowest BCUT2D eigenvalue weighted by Crippen LogP contribution is -2.46. The van der Waals surface area contributed by atoms with Gasteiger partial charge in [-0.15, -0.1) is 0 Å². The molecule has 0 aliphatic heterocycles. The Morgan fingerprint density at radius 2 is 1.66 bits per heavy atom. The summed E-state index contributed by atoms with van der Waals surface area (Å²) in [5, 5.41) is 9.48. The fraction of sp³-hybridized carbons (Fsp3) is 0.519. The van der Waals surface area contributed by atoms with Gasteiger partial charge >= 0.3 is 5.97 Å². The van der Waals surface area contributed by atoms with Gasteiger partial charge in [-0.1, -0.05) is 12.1 Å². The second-order valence-electron chi connectivity index (χ2n) is 10.3. The third-order valence-electron chi connectivity index (χ3n) is 7.76. The van der Waals surface area contributed by atoms with Gasteiger partial charge in [0.15, 0.2) is 9.84 Å². The zero-order chi connectivity index (χ0) is 25.6. The zero-order valence-electron chi connectivity index (χ0n) is 20.3. The van der Waals surface area contributed by atoms with Crippen molar-refractivity contribution in [2.24, 2.45) is 5.92 Å². The van der Waals surface area contributed by atoms with E-state index in [1.54, 1.807) is 13.8 Å². The second-order valence-corrected chi connectivity index (χ2v) is 12.8. The Hall–Kier alpha value is -2.32. The van der Waals surface area contributed by atoms with E-state index < -0.39 is 43.7 Å². The molecule has 2 aliphatic carbocycles. The van der Waals surface area contributed by atoms with Crippen LogP contribution >= 0.6 is 0 Å². The van der Waals surface area contributed by atoms with Crippen molar-refractivity contribution in [3.63, 3.8) is 0 Å². The third-order valence-corrected chi connectivity index (χ3v) is 10.0. The largest absolute Gasteiger partial charge is 0.481 e. The summed E-state index contributed by atoms with van der Waals surface area (Å²) in [7, 11) is -3.75. The molecule has 0 spiro atoms. The predicted octanol–water partition coefficient (Wildman–Crippen LogP) is 5.67. The van der Waals surface area contributed by atoms with Crippen LogP contribution in [0.4, 0.5) is 8.78 Å². The molecule has 0 saturated heterocycles. The van der Waals surface area contributed by atoms with E-state index in [0.717, 1.165) is 12.8 Å². The molecule has 2 aromatic rings. The van der Waals surface area contributed by atoms with Crippen LogP contribution in [0.25, 0.3) is 0 Å². The average molecular weight is 507 g/mol. The van der Waals surface area contributed by atoms with Crippen LogP contribution in [0.15, 0.2) is 41.3 Å². The fourth-order valence-electron chi connectivity index (χ4n) is 5.02. The smallest absolute Gasteiger partial charge is 0.314 e. The van der Waals surface area contributed by atoms with Crippen molar-refractivity contribution in [3.05, 3.63) is 64.7 Å². The summed E-state index contributed by atoms with van der Waals surface area (Å²) in [5.74, 6) is -1.66. The van der Waals surface area contributed by atoms with Crippen LogP contribution in [-0.2, 0) is 30.4 Å². The van der Waals surface area contributed by atoms with E-state index in [1.165, 1.54) is 43.3 Å². The lowest BCUT2D eigenvalue weighted by atomic mass is 9.63. The maximum Gasteiger partial charge on any atom is 0.314 e. The van der Waals surface area contributed by atoms with E-state index in [0.29, 0.717) is 23.7 Å². The number of halogens is 2. The highest BCUT2D eigenvalue weighted by molar-refractivity contribution is 7.92. The Bertz CT molecular complexity index is 1210. The van der Waals surface area contributed by atoms with Crippen molar-refractivity contribution in [1.29, 1.82) is 0 Å². The van der Waals surface area contributed by atoms with Crippen LogP contribution in [0, 0.1) is 24.5 Å². The quantitative estimate of drug-likeness (QED) is 0.499. The van der Waals surface area contributed by atoms with Gasteiger partial charge in [0, 0.05) is 5.56 Å². The van der Waals surface area contributed by atoms with Gasteiger partial charge in [0.1, 0.15) is 11.6 Å². The van der Waals surface area contributed by atoms with E-state index >= 15 is 4.39 Å². The highest BCUT2D eigenvalue weighted by Crippen LogP contribution is 2.51. The maximum atomic E-state index is 15.1. The number of hydrogen-bond donors (Lipinski definition) is 1. The van der Waals surface area contributed by atoms with E-state index in [9.17, 15) is 22.7 Å². The minimum absolute atomic E-state index is 0.0505. The second kappa shape index (κ2) is 9.28. The first-order valence-corrected chi connectivity index (χ1v) is 13.6. The summed E-state index contributed by atoms with van der Waals surface area (Å²) < 4.78 is 61.1.